The summed E-state index contributed by atoms with van der Waals surface area (Å²) in [6, 6.07) is 2.49. The summed E-state index contributed by atoms with van der Waals surface area (Å²) in [7, 11) is 1.32. The fourth-order valence-corrected chi connectivity index (χ4v) is 2.08. The Kier molecular flexibility index (Phi) is 3.57. The molecule has 0 aliphatic rings. The second-order valence-electron chi connectivity index (χ2n) is 3.76. The zero-order valence-electron chi connectivity index (χ0n) is 10.0. The van der Waals surface area contributed by atoms with Gasteiger partial charge in [-0.1, -0.05) is 21.1 Å². The number of ether oxygens (including phenoxy) is 1. The van der Waals surface area contributed by atoms with Gasteiger partial charge in [-0.25, -0.2) is 9.18 Å². The van der Waals surface area contributed by atoms with Crippen LogP contribution in [0.2, 0.25) is 0 Å². The first-order chi connectivity index (χ1) is 8.95. The molecule has 0 amide bonds. The Morgan fingerprint density at radius 3 is 2.74 bits per heavy atom. The summed E-state index contributed by atoms with van der Waals surface area (Å²) in [5, 5.41) is 12.2. The van der Waals surface area contributed by atoms with Gasteiger partial charge in [0.1, 0.15) is 0 Å². The van der Waals surface area contributed by atoms with Crippen molar-refractivity contribution in [1.82, 2.24) is 5.16 Å². The Morgan fingerprint density at radius 2 is 2.21 bits per heavy atom. The summed E-state index contributed by atoms with van der Waals surface area (Å²) < 4.78 is 24.3. The van der Waals surface area contributed by atoms with Gasteiger partial charge in [0.2, 0.25) is 0 Å². The van der Waals surface area contributed by atoms with E-state index in [4.69, 9.17) is 14.4 Å². The van der Waals surface area contributed by atoms with Gasteiger partial charge in [0.05, 0.1) is 12.7 Å². The van der Waals surface area contributed by atoms with Crippen LogP contribution in [-0.4, -0.2) is 23.3 Å². The average molecular weight is 330 g/mol. The van der Waals surface area contributed by atoms with E-state index in [9.17, 15) is 9.18 Å². The summed E-state index contributed by atoms with van der Waals surface area (Å²) in [5.41, 5.74) is 0.734. The fourth-order valence-electron chi connectivity index (χ4n) is 1.68. The van der Waals surface area contributed by atoms with Crippen LogP contribution in [-0.2, 0) is 0 Å². The highest BCUT2D eigenvalue weighted by Crippen LogP contribution is 2.39. The van der Waals surface area contributed by atoms with E-state index in [1.807, 2.05) is 0 Å². The predicted octanol–water partition coefficient (Wildman–Crippen LogP) is 3.26. The predicted molar refractivity (Wildman–Crippen MR) is 67.8 cm³/mol. The third-order valence-corrected chi connectivity index (χ3v) is 3.43. The van der Waals surface area contributed by atoms with Crippen LogP contribution in [0.4, 0.5) is 4.39 Å². The summed E-state index contributed by atoms with van der Waals surface area (Å²) >= 11 is 3.22. The highest BCUT2D eigenvalue weighted by molar-refractivity contribution is 9.10. The molecule has 1 N–H and O–H groups in total. The van der Waals surface area contributed by atoms with Crippen molar-refractivity contribution >= 4 is 21.9 Å². The molecule has 0 atom stereocenters. The third-order valence-electron chi connectivity index (χ3n) is 2.61. The highest BCUT2D eigenvalue weighted by atomic mass is 79.9. The Hall–Kier alpha value is -1.89. The van der Waals surface area contributed by atoms with Crippen molar-refractivity contribution in [2.45, 2.75) is 6.92 Å². The van der Waals surface area contributed by atoms with E-state index in [0.717, 1.165) is 0 Å². The smallest absolute Gasteiger partial charge is 0.358 e. The Labute approximate surface area is 116 Å². The molecule has 0 aliphatic carbocycles. The summed E-state index contributed by atoms with van der Waals surface area (Å²) in [6.07, 6.45) is 0. The molecule has 0 bridgehead atoms. The molecular weight excluding hydrogens is 321 g/mol. The molecule has 2 aromatic rings. The van der Waals surface area contributed by atoms with Gasteiger partial charge in [-0.15, -0.1) is 0 Å². The van der Waals surface area contributed by atoms with Crippen molar-refractivity contribution in [3.63, 3.8) is 0 Å². The van der Waals surface area contributed by atoms with Crippen molar-refractivity contribution in [2.24, 2.45) is 0 Å². The van der Waals surface area contributed by atoms with Gasteiger partial charge in [0.25, 0.3) is 0 Å². The maximum absolute atomic E-state index is 13.8. The number of nitrogens with zero attached hydrogens (tertiary/aromatic N) is 1. The number of halogens is 2. The Morgan fingerprint density at radius 1 is 1.53 bits per heavy atom. The topological polar surface area (TPSA) is 72.6 Å². The van der Waals surface area contributed by atoms with Gasteiger partial charge in [-0.05, 0) is 18.6 Å². The van der Waals surface area contributed by atoms with E-state index in [0.29, 0.717) is 15.6 Å². The minimum absolute atomic E-state index is 0.0196. The lowest BCUT2D eigenvalue weighted by Crippen LogP contribution is -1.96. The van der Waals surface area contributed by atoms with Crippen molar-refractivity contribution in [2.75, 3.05) is 7.11 Å². The minimum atomic E-state index is -1.22. The van der Waals surface area contributed by atoms with Gasteiger partial charge in [0.15, 0.2) is 23.0 Å². The number of aromatic nitrogens is 1. The molecule has 5 nitrogen and oxygen atoms in total. The molecule has 1 aromatic carbocycles. The number of methoxy groups -OCH3 is 1. The van der Waals surface area contributed by atoms with Crippen LogP contribution in [0.15, 0.2) is 21.1 Å². The van der Waals surface area contributed by atoms with E-state index in [1.54, 1.807) is 6.92 Å². The lowest BCUT2D eigenvalue weighted by molar-refractivity contribution is 0.0686. The van der Waals surface area contributed by atoms with Gasteiger partial charge in [0, 0.05) is 10.5 Å². The lowest BCUT2D eigenvalue weighted by atomic mass is 10.0. The van der Waals surface area contributed by atoms with E-state index in [2.05, 4.69) is 21.1 Å². The SMILES string of the molecule is COc1c(F)cc(Br)c(C)c1-c1cc(C(=O)O)no1. The monoisotopic (exact) mass is 329 g/mol. The molecule has 100 valence electrons. The highest BCUT2D eigenvalue weighted by Gasteiger charge is 2.22. The van der Waals surface area contributed by atoms with Crippen LogP contribution >= 0.6 is 15.9 Å². The lowest BCUT2D eigenvalue weighted by Gasteiger charge is -2.11. The molecule has 0 saturated heterocycles. The molecule has 19 heavy (non-hydrogen) atoms. The molecule has 1 heterocycles. The number of hydrogen-bond donors (Lipinski definition) is 1. The van der Waals surface area contributed by atoms with Crippen LogP contribution in [0.1, 0.15) is 16.1 Å². The molecule has 0 saturated carbocycles. The fraction of sp³-hybridized carbons (Fsp3) is 0.167. The van der Waals surface area contributed by atoms with E-state index in [1.165, 1.54) is 19.2 Å². The van der Waals surface area contributed by atoms with Crippen molar-refractivity contribution < 1.29 is 23.6 Å². The van der Waals surface area contributed by atoms with E-state index >= 15 is 0 Å². The van der Waals surface area contributed by atoms with Gasteiger partial charge < -0.3 is 14.4 Å². The van der Waals surface area contributed by atoms with Gasteiger partial charge in [-0.2, -0.15) is 0 Å². The number of carboxylic acid groups (broad SMARTS) is 1. The number of carboxylic acids is 1. The number of aromatic carboxylic acids is 1. The average Bonchev–Trinajstić information content (AvgIpc) is 2.82. The first kappa shape index (κ1) is 13.5. The maximum Gasteiger partial charge on any atom is 0.358 e. The number of benzene rings is 1. The molecule has 7 heteroatoms. The van der Waals surface area contributed by atoms with Crippen LogP contribution < -0.4 is 4.74 Å². The van der Waals surface area contributed by atoms with Crippen molar-refractivity contribution in [1.29, 1.82) is 0 Å². The maximum atomic E-state index is 13.8. The largest absolute Gasteiger partial charge is 0.493 e. The Bertz CT molecular complexity index is 653. The second kappa shape index (κ2) is 5.00. The van der Waals surface area contributed by atoms with Crippen molar-refractivity contribution in [3.8, 4) is 17.1 Å². The second-order valence-corrected chi connectivity index (χ2v) is 4.61. The zero-order chi connectivity index (χ0) is 14.2. The quantitative estimate of drug-likeness (QED) is 0.935. The molecule has 0 aliphatic heterocycles. The molecule has 0 unspecified atom stereocenters. The summed E-state index contributed by atoms with van der Waals surface area (Å²) in [4.78, 5) is 10.8. The van der Waals surface area contributed by atoms with Crippen molar-refractivity contribution in [3.05, 3.63) is 33.7 Å². The first-order valence-electron chi connectivity index (χ1n) is 5.18. The van der Waals surface area contributed by atoms with Crippen LogP contribution in [0.3, 0.4) is 0 Å². The molecule has 1 aromatic heterocycles. The first-order valence-corrected chi connectivity index (χ1v) is 5.98. The number of rotatable bonds is 3. The van der Waals surface area contributed by atoms with Gasteiger partial charge in [-0.3, -0.25) is 0 Å². The number of carbonyl (C=O) groups is 1. The van der Waals surface area contributed by atoms with Crippen LogP contribution in [0.5, 0.6) is 5.75 Å². The van der Waals surface area contributed by atoms with E-state index in [-0.39, 0.29) is 17.2 Å². The number of hydrogen-bond acceptors (Lipinski definition) is 4. The van der Waals surface area contributed by atoms with Crippen LogP contribution in [0, 0.1) is 12.7 Å². The third kappa shape index (κ3) is 2.33. The molecule has 2 rings (SSSR count). The standard InChI is InChI=1S/C12H9BrFNO4/c1-5-6(13)3-7(14)11(18-2)10(5)9-4-8(12(16)17)15-19-9/h3-4H,1-2H3,(H,16,17). The van der Waals surface area contributed by atoms with E-state index < -0.39 is 11.8 Å². The van der Waals surface area contributed by atoms with Gasteiger partial charge >= 0.3 is 5.97 Å². The zero-order valence-corrected chi connectivity index (χ0v) is 11.6. The molecule has 0 radical (unpaired) electrons. The molecule has 0 spiro atoms. The Balaban J connectivity index is 2.69. The summed E-state index contributed by atoms with van der Waals surface area (Å²) in [5.74, 6) is -1.69. The molecular formula is C12H9BrFNO4. The summed E-state index contributed by atoms with van der Waals surface area (Å²) in [6.45, 7) is 1.73. The molecule has 0 fully saturated rings. The normalized spacial score (nSPS) is 10.5. The minimum Gasteiger partial charge on any atom is -0.493 e. The van der Waals surface area contributed by atoms with Crippen LogP contribution in [0.25, 0.3) is 11.3 Å².